The lowest BCUT2D eigenvalue weighted by Crippen LogP contribution is -2.32. The van der Waals surface area contributed by atoms with Crippen LogP contribution < -0.4 is 5.32 Å². The first kappa shape index (κ1) is 23.3. The molecule has 2 radical (unpaired) electrons. The van der Waals surface area contributed by atoms with Crippen LogP contribution in [0.1, 0.15) is 110 Å². The highest BCUT2D eigenvalue weighted by molar-refractivity contribution is 7.02. The number of nitrogens with one attached hydrogen (secondary N) is 1. The molecule has 0 bridgehead atoms. The van der Waals surface area contributed by atoms with Crippen LogP contribution in [0.4, 0.5) is 0 Å². The molecule has 1 aliphatic heterocycles. The quantitative estimate of drug-likeness (QED) is 0.287. The summed E-state index contributed by atoms with van der Waals surface area (Å²) in [6, 6.07) is 0. The average Bonchev–Trinajstić information content (AvgIpc) is 2.59. The van der Waals surface area contributed by atoms with Gasteiger partial charge in [-0.25, -0.2) is 0 Å². The Kier molecular flexibility index (Phi) is 12.9. The van der Waals surface area contributed by atoms with Gasteiger partial charge in [0.15, 0.2) is 0 Å². The second kappa shape index (κ2) is 14.3. The Labute approximate surface area is 163 Å². The number of carbonyl (C=O) groups excluding carboxylic acids is 2. The van der Waals surface area contributed by atoms with Crippen molar-refractivity contribution in [3.8, 4) is 0 Å². The molecule has 0 unspecified atom stereocenters. The summed E-state index contributed by atoms with van der Waals surface area (Å²) in [6.07, 6.45) is 18.2. The van der Waals surface area contributed by atoms with Gasteiger partial charge in [0.2, 0.25) is 11.8 Å². The van der Waals surface area contributed by atoms with E-state index in [-0.39, 0.29) is 17.1 Å². The summed E-state index contributed by atoms with van der Waals surface area (Å²) in [6.45, 7) is 4.55. The maximum absolute atomic E-state index is 11.6. The van der Waals surface area contributed by atoms with Gasteiger partial charge in [0, 0.05) is 12.8 Å². The van der Waals surface area contributed by atoms with Crippen LogP contribution in [0.25, 0.3) is 0 Å². The van der Waals surface area contributed by atoms with Crippen LogP contribution in [0.3, 0.4) is 0 Å². The summed E-state index contributed by atoms with van der Waals surface area (Å²) < 4.78 is 0. The summed E-state index contributed by atoms with van der Waals surface area (Å²) in [5, 5.41) is 2.61. The smallest absolute Gasteiger partial charge is 0.226 e. The number of amides is 2. The lowest BCUT2D eigenvalue weighted by Gasteiger charge is -2.30. The molecule has 0 aliphatic carbocycles. The van der Waals surface area contributed by atoms with Gasteiger partial charge in [0.05, 0.1) is 14.3 Å². The Morgan fingerprint density at radius 1 is 0.846 bits per heavy atom. The van der Waals surface area contributed by atoms with E-state index in [1.54, 1.807) is 0 Å². The van der Waals surface area contributed by atoms with Gasteiger partial charge in [-0.15, -0.1) is 0 Å². The van der Waals surface area contributed by atoms with Crippen molar-refractivity contribution >= 4 is 26.2 Å². The van der Waals surface area contributed by atoms with E-state index in [0.717, 1.165) is 32.0 Å². The molecule has 0 aromatic rings. The Hall–Kier alpha value is -0.730. The van der Waals surface area contributed by atoms with Gasteiger partial charge in [0.1, 0.15) is 0 Å². The molecule has 1 saturated heterocycles. The van der Waals surface area contributed by atoms with E-state index in [2.05, 4.69) is 33.5 Å². The topological polar surface area (TPSA) is 46.2 Å². The van der Waals surface area contributed by atoms with Gasteiger partial charge in [-0.05, 0) is 12.8 Å². The molecule has 26 heavy (non-hydrogen) atoms. The monoisotopic (exact) mass is 359 g/mol. The zero-order chi connectivity index (χ0) is 19.1. The van der Waals surface area contributed by atoms with Crippen LogP contribution >= 0.6 is 0 Å². The first-order valence-electron chi connectivity index (χ1n) is 11.1. The molecule has 5 heteroatoms. The number of rotatable bonds is 12. The van der Waals surface area contributed by atoms with Gasteiger partial charge >= 0.3 is 0 Å². The Morgan fingerprint density at radius 3 is 1.88 bits per heavy atom. The fraction of sp³-hybridized carbons (Fsp3) is 0.905. The predicted molar refractivity (Wildman–Crippen MR) is 113 cm³/mol. The number of unbranched alkanes of at least 4 members (excludes halogenated alkanes) is 8. The molecule has 1 N–H and O–H groups in total. The van der Waals surface area contributed by atoms with Crippen LogP contribution in [-0.2, 0) is 9.59 Å². The highest BCUT2D eigenvalue weighted by atomic mass is 16.2. The SMILES string of the molecule is CCCCCCCCCCC[B][B]C1(C)CCCC(=O)NC(=O)CCC1. The maximum atomic E-state index is 11.6. The van der Waals surface area contributed by atoms with Gasteiger partial charge in [0.25, 0.3) is 0 Å². The van der Waals surface area contributed by atoms with E-state index in [9.17, 15) is 9.59 Å². The van der Waals surface area contributed by atoms with E-state index in [1.165, 1.54) is 57.8 Å². The molecular formula is C21H39B2NO2. The van der Waals surface area contributed by atoms with Crippen LogP contribution in [0.15, 0.2) is 0 Å². The first-order valence-corrected chi connectivity index (χ1v) is 11.1. The molecule has 1 aliphatic rings. The van der Waals surface area contributed by atoms with Gasteiger partial charge in [-0.3, -0.25) is 14.9 Å². The average molecular weight is 359 g/mol. The van der Waals surface area contributed by atoms with Gasteiger partial charge in [-0.2, -0.15) is 0 Å². The number of imide groups is 1. The van der Waals surface area contributed by atoms with Crippen LogP contribution in [0, 0.1) is 0 Å². The minimum atomic E-state index is -0.113. The lowest BCUT2D eigenvalue weighted by molar-refractivity contribution is -0.130. The van der Waals surface area contributed by atoms with E-state index in [0.29, 0.717) is 12.8 Å². The van der Waals surface area contributed by atoms with E-state index >= 15 is 0 Å². The molecule has 146 valence electrons. The van der Waals surface area contributed by atoms with Crippen molar-refractivity contribution in [1.29, 1.82) is 0 Å². The first-order chi connectivity index (χ1) is 12.6. The molecule has 0 atom stereocenters. The molecule has 1 fully saturated rings. The maximum Gasteiger partial charge on any atom is 0.226 e. The highest BCUT2D eigenvalue weighted by Gasteiger charge is 2.25. The van der Waals surface area contributed by atoms with E-state index in [1.807, 2.05) is 0 Å². The van der Waals surface area contributed by atoms with Crippen molar-refractivity contribution < 1.29 is 9.59 Å². The van der Waals surface area contributed by atoms with E-state index < -0.39 is 0 Å². The molecule has 0 saturated carbocycles. The van der Waals surface area contributed by atoms with Crippen molar-refractivity contribution in [2.75, 3.05) is 0 Å². The van der Waals surface area contributed by atoms with Crippen LogP contribution in [0.2, 0.25) is 11.6 Å². The highest BCUT2D eigenvalue weighted by Crippen LogP contribution is 2.37. The second-order valence-electron chi connectivity index (χ2n) is 8.35. The normalized spacial score (nSPS) is 18.2. The van der Waals surface area contributed by atoms with Crippen LogP contribution in [0.5, 0.6) is 0 Å². The van der Waals surface area contributed by atoms with Crippen molar-refractivity contribution in [1.82, 2.24) is 5.32 Å². The standard InChI is InChI=1S/C21H39B2NO2/c1-3-4-5-6-7-8-9-10-11-18-22-23-21(2)16-12-14-19(25)24-20(26)15-13-17-21/h3-18H2,1-2H3,(H,24,25,26). The third-order valence-electron chi connectivity index (χ3n) is 5.58. The minimum absolute atomic E-state index is 0.113. The minimum Gasteiger partial charge on any atom is -0.296 e. The van der Waals surface area contributed by atoms with Crippen molar-refractivity contribution in [3.63, 3.8) is 0 Å². The molecule has 1 heterocycles. The summed E-state index contributed by atoms with van der Waals surface area (Å²) >= 11 is 0. The number of carbonyl (C=O) groups is 2. The predicted octanol–water partition coefficient (Wildman–Crippen LogP) is 5.43. The van der Waals surface area contributed by atoms with Gasteiger partial charge < -0.3 is 0 Å². The molecule has 0 aromatic carbocycles. The molecule has 3 nitrogen and oxygen atoms in total. The Bertz CT molecular complexity index is 381. The fourth-order valence-corrected chi connectivity index (χ4v) is 3.82. The Morgan fingerprint density at radius 2 is 1.35 bits per heavy atom. The van der Waals surface area contributed by atoms with Gasteiger partial charge in [-0.1, -0.05) is 96.1 Å². The third kappa shape index (κ3) is 11.8. The van der Waals surface area contributed by atoms with Crippen molar-refractivity contribution in [3.05, 3.63) is 0 Å². The zero-order valence-electron chi connectivity index (χ0n) is 17.3. The molecule has 0 aromatic heterocycles. The molecule has 0 spiro atoms. The van der Waals surface area contributed by atoms with E-state index in [4.69, 9.17) is 0 Å². The van der Waals surface area contributed by atoms with Crippen molar-refractivity contribution in [2.24, 2.45) is 0 Å². The summed E-state index contributed by atoms with van der Waals surface area (Å²) in [7, 11) is 4.71. The zero-order valence-corrected chi connectivity index (χ0v) is 17.3. The van der Waals surface area contributed by atoms with Crippen molar-refractivity contribution in [2.45, 2.75) is 122 Å². The second-order valence-corrected chi connectivity index (χ2v) is 8.35. The third-order valence-corrected chi connectivity index (χ3v) is 5.58. The van der Waals surface area contributed by atoms with Crippen LogP contribution in [-0.4, -0.2) is 26.2 Å². The fourth-order valence-electron chi connectivity index (χ4n) is 3.82. The summed E-state index contributed by atoms with van der Waals surface area (Å²) in [5.41, 5.74) is 0. The largest absolute Gasteiger partial charge is 0.296 e. The number of hydrogen-bond donors (Lipinski definition) is 1. The molecule has 2 amide bonds. The number of hydrogen-bond acceptors (Lipinski definition) is 2. The summed E-state index contributed by atoms with van der Waals surface area (Å²) in [4.78, 5) is 23.3. The molecular weight excluding hydrogens is 320 g/mol. The molecule has 1 rings (SSSR count). The Balaban J connectivity index is 2.10. The lowest BCUT2D eigenvalue weighted by atomic mass is 9.26. The summed E-state index contributed by atoms with van der Waals surface area (Å²) in [5.74, 6) is -0.226.